The predicted molar refractivity (Wildman–Crippen MR) is 111 cm³/mol. The fourth-order valence-corrected chi connectivity index (χ4v) is 4.95. The van der Waals surface area contributed by atoms with Crippen LogP contribution in [0.25, 0.3) is 10.9 Å². The van der Waals surface area contributed by atoms with E-state index in [0.717, 1.165) is 12.8 Å². The van der Waals surface area contributed by atoms with E-state index in [1.165, 1.54) is 22.2 Å². The zero-order valence-corrected chi connectivity index (χ0v) is 17.0. The van der Waals surface area contributed by atoms with E-state index in [2.05, 4.69) is 18.0 Å². The molecule has 0 aliphatic heterocycles. The lowest BCUT2D eigenvalue weighted by Crippen LogP contribution is -2.28. The Morgan fingerprint density at radius 2 is 2.11 bits per heavy atom. The standard InChI is InChI=1S/C20H21N3O2S2/c1-13-9-10-26-17(13)11-22(2)18(24)12-27-20-21-16-6-4-3-5-15(16)19(25)23(20)14-7-8-14/h3-6,9-10,14H,7-8,11-12H2,1-2H3. The number of hydrogen-bond donors (Lipinski definition) is 0. The Labute approximate surface area is 166 Å². The first-order valence-electron chi connectivity index (χ1n) is 8.95. The van der Waals surface area contributed by atoms with Crippen molar-refractivity contribution in [1.29, 1.82) is 0 Å². The van der Waals surface area contributed by atoms with Crippen molar-refractivity contribution in [3.8, 4) is 0 Å². The molecule has 0 radical (unpaired) electrons. The van der Waals surface area contributed by atoms with Crippen molar-refractivity contribution in [3.63, 3.8) is 0 Å². The molecule has 140 valence electrons. The fourth-order valence-electron chi connectivity index (χ4n) is 2.99. The number of rotatable bonds is 6. The molecule has 7 heteroatoms. The maximum Gasteiger partial charge on any atom is 0.262 e. The molecular formula is C20H21N3O2S2. The summed E-state index contributed by atoms with van der Waals surface area (Å²) in [6.45, 7) is 2.68. The Hall–Kier alpha value is -2.12. The van der Waals surface area contributed by atoms with E-state index in [-0.39, 0.29) is 23.3 Å². The van der Waals surface area contributed by atoms with E-state index >= 15 is 0 Å². The largest absolute Gasteiger partial charge is 0.340 e. The Kier molecular flexibility index (Phi) is 5.06. The summed E-state index contributed by atoms with van der Waals surface area (Å²) in [5.41, 5.74) is 1.91. The minimum absolute atomic E-state index is 0.000568. The average Bonchev–Trinajstić information content (AvgIpc) is 3.42. The van der Waals surface area contributed by atoms with Crippen LogP contribution in [-0.2, 0) is 11.3 Å². The van der Waals surface area contributed by atoms with Crippen LogP contribution in [0.2, 0.25) is 0 Å². The number of aryl methyl sites for hydroxylation is 1. The van der Waals surface area contributed by atoms with E-state index in [9.17, 15) is 9.59 Å². The van der Waals surface area contributed by atoms with Crippen LogP contribution in [-0.4, -0.2) is 33.2 Å². The third kappa shape index (κ3) is 3.80. The number of para-hydroxylation sites is 1. The Morgan fingerprint density at radius 1 is 1.33 bits per heavy atom. The zero-order valence-electron chi connectivity index (χ0n) is 15.3. The number of amides is 1. The molecule has 0 saturated heterocycles. The number of thioether (sulfide) groups is 1. The predicted octanol–water partition coefficient (Wildman–Crippen LogP) is 3.85. The van der Waals surface area contributed by atoms with Crippen LogP contribution in [0.1, 0.15) is 29.3 Å². The smallest absolute Gasteiger partial charge is 0.262 e. The van der Waals surface area contributed by atoms with Gasteiger partial charge in [-0.2, -0.15) is 0 Å². The second-order valence-corrected chi connectivity index (χ2v) is 8.83. The van der Waals surface area contributed by atoms with E-state index in [4.69, 9.17) is 0 Å². The third-order valence-corrected chi connectivity index (χ3v) is 6.73. The molecule has 1 amide bonds. The first-order chi connectivity index (χ1) is 13.0. The minimum Gasteiger partial charge on any atom is -0.340 e. The molecule has 0 N–H and O–H groups in total. The maximum absolute atomic E-state index is 12.9. The maximum atomic E-state index is 12.9. The van der Waals surface area contributed by atoms with Crippen LogP contribution in [0.3, 0.4) is 0 Å². The topological polar surface area (TPSA) is 55.2 Å². The van der Waals surface area contributed by atoms with E-state index in [1.54, 1.807) is 20.8 Å². The number of benzene rings is 1. The van der Waals surface area contributed by atoms with Gasteiger partial charge in [-0.15, -0.1) is 11.3 Å². The molecule has 27 heavy (non-hydrogen) atoms. The summed E-state index contributed by atoms with van der Waals surface area (Å²) in [7, 11) is 1.82. The molecule has 1 saturated carbocycles. The van der Waals surface area contributed by atoms with Crippen LogP contribution in [0.15, 0.2) is 45.7 Å². The second-order valence-electron chi connectivity index (χ2n) is 6.88. The van der Waals surface area contributed by atoms with Crippen LogP contribution >= 0.6 is 23.1 Å². The van der Waals surface area contributed by atoms with Gasteiger partial charge in [0.2, 0.25) is 5.91 Å². The monoisotopic (exact) mass is 399 g/mol. The lowest BCUT2D eigenvalue weighted by Gasteiger charge is -2.17. The van der Waals surface area contributed by atoms with Gasteiger partial charge < -0.3 is 4.90 Å². The van der Waals surface area contributed by atoms with Crippen molar-refractivity contribution in [2.75, 3.05) is 12.8 Å². The quantitative estimate of drug-likeness (QED) is 0.467. The highest BCUT2D eigenvalue weighted by molar-refractivity contribution is 7.99. The van der Waals surface area contributed by atoms with Crippen molar-refractivity contribution in [1.82, 2.24) is 14.5 Å². The molecule has 0 unspecified atom stereocenters. The molecule has 1 aliphatic carbocycles. The molecule has 0 atom stereocenters. The Morgan fingerprint density at radius 3 is 2.81 bits per heavy atom. The Bertz CT molecular complexity index is 1050. The molecular weight excluding hydrogens is 378 g/mol. The van der Waals surface area contributed by atoms with Gasteiger partial charge >= 0.3 is 0 Å². The van der Waals surface area contributed by atoms with Gasteiger partial charge in [0.05, 0.1) is 23.2 Å². The lowest BCUT2D eigenvalue weighted by molar-refractivity contribution is -0.127. The normalized spacial score (nSPS) is 13.9. The summed E-state index contributed by atoms with van der Waals surface area (Å²) in [6, 6.07) is 9.71. The summed E-state index contributed by atoms with van der Waals surface area (Å²) in [6.07, 6.45) is 2.00. The molecule has 5 nitrogen and oxygen atoms in total. The highest BCUT2D eigenvalue weighted by atomic mass is 32.2. The summed E-state index contributed by atoms with van der Waals surface area (Å²) >= 11 is 3.03. The van der Waals surface area contributed by atoms with Crippen molar-refractivity contribution < 1.29 is 4.79 Å². The van der Waals surface area contributed by atoms with Gasteiger partial charge in [0, 0.05) is 18.0 Å². The minimum atomic E-state index is 0.000568. The summed E-state index contributed by atoms with van der Waals surface area (Å²) in [4.78, 5) is 33.1. The average molecular weight is 400 g/mol. The number of carbonyl (C=O) groups is 1. The van der Waals surface area contributed by atoms with E-state index < -0.39 is 0 Å². The van der Waals surface area contributed by atoms with E-state index in [0.29, 0.717) is 22.6 Å². The van der Waals surface area contributed by atoms with Crippen molar-refractivity contribution >= 4 is 39.9 Å². The molecule has 0 bridgehead atoms. The molecule has 1 aromatic carbocycles. The van der Waals surface area contributed by atoms with Gasteiger partial charge in [-0.05, 0) is 48.9 Å². The highest BCUT2D eigenvalue weighted by Crippen LogP contribution is 2.36. The first-order valence-corrected chi connectivity index (χ1v) is 10.8. The van der Waals surface area contributed by atoms with Gasteiger partial charge in [0.25, 0.3) is 5.56 Å². The number of hydrogen-bond acceptors (Lipinski definition) is 5. The van der Waals surface area contributed by atoms with Crippen LogP contribution in [0, 0.1) is 6.92 Å². The van der Waals surface area contributed by atoms with Gasteiger partial charge in [0.15, 0.2) is 5.16 Å². The SMILES string of the molecule is Cc1ccsc1CN(C)C(=O)CSc1nc2ccccc2c(=O)n1C1CC1. The lowest BCUT2D eigenvalue weighted by atomic mass is 10.2. The number of aromatic nitrogens is 2. The Balaban J connectivity index is 1.53. The summed E-state index contributed by atoms with van der Waals surface area (Å²) < 4.78 is 1.78. The molecule has 2 aromatic heterocycles. The number of nitrogens with zero attached hydrogens (tertiary/aromatic N) is 3. The van der Waals surface area contributed by atoms with Gasteiger partial charge in [0.1, 0.15) is 0 Å². The van der Waals surface area contributed by atoms with Crippen molar-refractivity contribution in [2.45, 2.75) is 37.5 Å². The van der Waals surface area contributed by atoms with Crippen molar-refractivity contribution in [3.05, 3.63) is 56.5 Å². The molecule has 1 fully saturated rings. The number of carbonyl (C=O) groups excluding carboxylic acids is 1. The molecule has 3 aromatic rings. The van der Waals surface area contributed by atoms with Crippen LogP contribution in [0.5, 0.6) is 0 Å². The summed E-state index contributed by atoms with van der Waals surface area (Å²) in [5.74, 6) is 0.316. The third-order valence-electron chi connectivity index (χ3n) is 4.79. The fraction of sp³-hybridized carbons (Fsp3) is 0.350. The number of thiophene rings is 1. The second kappa shape index (κ2) is 7.48. The highest BCUT2D eigenvalue weighted by Gasteiger charge is 2.29. The molecule has 1 aliphatic rings. The summed E-state index contributed by atoms with van der Waals surface area (Å²) in [5, 5.41) is 3.34. The van der Waals surface area contributed by atoms with Gasteiger partial charge in [-0.1, -0.05) is 23.9 Å². The van der Waals surface area contributed by atoms with Crippen LogP contribution in [0.4, 0.5) is 0 Å². The number of fused-ring (bicyclic) bond motifs is 1. The van der Waals surface area contributed by atoms with Gasteiger partial charge in [-0.3, -0.25) is 14.2 Å². The zero-order chi connectivity index (χ0) is 19.0. The van der Waals surface area contributed by atoms with E-state index in [1.807, 2.05) is 36.7 Å². The molecule has 0 spiro atoms. The first kappa shape index (κ1) is 18.3. The van der Waals surface area contributed by atoms with Crippen molar-refractivity contribution in [2.24, 2.45) is 0 Å². The molecule has 4 rings (SSSR count). The van der Waals surface area contributed by atoms with Crippen LogP contribution < -0.4 is 5.56 Å². The molecule has 2 heterocycles. The van der Waals surface area contributed by atoms with Gasteiger partial charge in [-0.25, -0.2) is 4.98 Å².